The molecular weight excluding hydrogens is 292 g/mol. The van der Waals surface area contributed by atoms with E-state index in [1.165, 1.54) is 4.90 Å². The molecule has 1 aromatic carbocycles. The van der Waals surface area contributed by atoms with E-state index < -0.39 is 23.1 Å². The van der Waals surface area contributed by atoms with E-state index in [1.807, 2.05) is 6.92 Å². The molecule has 92 valence electrons. The van der Waals surface area contributed by atoms with E-state index >= 15 is 0 Å². The van der Waals surface area contributed by atoms with Gasteiger partial charge in [0.05, 0.1) is 0 Å². The van der Waals surface area contributed by atoms with Crippen molar-refractivity contribution in [1.82, 2.24) is 4.90 Å². The van der Waals surface area contributed by atoms with Gasteiger partial charge < -0.3 is 4.90 Å². The molecule has 1 unspecified atom stereocenters. The molecule has 1 aliphatic rings. The molecule has 1 atom stereocenters. The number of rotatable bonds is 1. The molecule has 1 aliphatic heterocycles. The van der Waals surface area contributed by atoms with E-state index in [-0.39, 0.29) is 6.04 Å². The quantitative estimate of drug-likeness (QED) is 0.779. The van der Waals surface area contributed by atoms with Gasteiger partial charge in [-0.05, 0) is 31.9 Å². The Morgan fingerprint density at radius 2 is 2.00 bits per heavy atom. The van der Waals surface area contributed by atoms with Crippen molar-refractivity contribution >= 4 is 21.8 Å². The Bertz CT molecular complexity index is 441. The third-order valence-corrected chi connectivity index (χ3v) is 3.49. The molecule has 1 aromatic rings. The van der Waals surface area contributed by atoms with Crippen LogP contribution in [0, 0.1) is 11.6 Å². The predicted molar refractivity (Wildman–Crippen MR) is 63.8 cm³/mol. The highest BCUT2D eigenvalue weighted by Gasteiger charge is 2.29. The zero-order valence-electron chi connectivity index (χ0n) is 9.34. The second kappa shape index (κ2) is 4.72. The Morgan fingerprint density at radius 1 is 1.41 bits per heavy atom. The largest absolute Gasteiger partial charge is 0.336 e. The number of amides is 1. The molecule has 1 fully saturated rings. The van der Waals surface area contributed by atoms with Gasteiger partial charge >= 0.3 is 0 Å². The number of carbonyl (C=O) groups excluding carboxylic acids is 1. The van der Waals surface area contributed by atoms with E-state index in [2.05, 4.69) is 15.9 Å². The van der Waals surface area contributed by atoms with Crippen molar-refractivity contribution in [1.29, 1.82) is 0 Å². The normalized spacial score (nSPS) is 19.8. The summed E-state index contributed by atoms with van der Waals surface area (Å²) >= 11 is 2.99. The summed E-state index contributed by atoms with van der Waals surface area (Å²) in [6.07, 6.45) is 1.76. The van der Waals surface area contributed by atoms with Gasteiger partial charge in [-0.3, -0.25) is 4.79 Å². The summed E-state index contributed by atoms with van der Waals surface area (Å²) in [4.78, 5) is 13.6. The van der Waals surface area contributed by atoms with E-state index in [4.69, 9.17) is 0 Å². The monoisotopic (exact) mass is 303 g/mol. The lowest BCUT2D eigenvalue weighted by Gasteiger charge is -2.21. The average Bonchev–Trinajstić information content (AvgIpc) is 2.62. The van der Waals surface area contributed by atoms with Crippen LogP contribution in [0.3, 0.4) is 0 Å². The molecule has 1 heterocycles. The van der Waals surface area contributed by atoms with Gasteiger partial charge in [0.15, 0.2) is 0 Å². The topological polar surface area (TPSA) is 20.3 Å². The third-order valence-electron chi connectivity index (χ3n) is 3.03. The average molecular weight is 304 g/mol. The van der Waals surface area contributed by atoms with Crippen LogP contribution < -0.4 is 0 Å². The SMILES string of the molecule is CC1CCCN1C(=O)c1c(F)cc(Br)cc1F. The first-order valence-corrected chi connectivity index (χ1v) is 6.25. The second-order valence-electron chi connectivity index (χ2n) is 4.23. The van der Waals surface area contributed by atoms with Crippen LogP contribution in [0.2, 0.25) is 0 Å². The van der Waals surface area contributed by atoms with E-state index in [1.54, 1.807) is 0 Å². The van der Waals surface area contributed by atoms with Crippen molar-refractivity contribution in [2.45, 2.75) is 25.8 Å². The maximum Gasteiger partial charge on any atom is 0.260 e. The van der Waals surface area contributed by atoms with Crippen molar-refractivity contribution in [3.8, 4) is 0 Å². The lowest BCUT2D eigenvalue weighted by atomic mass is 10.1. The second-order valence-corrected chi connectivity index (χ2v) is 5.15. The van der Waals surface area contributed by atoms with Crippen LogP contribution in [0.15, 0.2) is 16.6 Å². The van der Waals surface area contributed by atoms with Crippen molar-refractivity contribution in [2.24, 2.45) is 0 Å². The number of nitrogens with zero attached hydrogens (tertiary/aromatic N) is 1. The molecule has 0 radical (unpaired) electrons. The summed E-state index contributed by atoms with van der Waals surface area (Å²) in [7, 11) is 0. The number of likely N-dealkylation sites (tertiary alicyclic amines) is 1. The summed E-state index contributed by atoms with van der Waals surface area (Å²) < 4.78 is 27.5. The van der Waals surface area contributed by atoms with Crippen LogP contribution in [0.4, 0.5) is 8.78 Å². The smallest absolute Gasteiger partial charge is 0.260 e. The number of carbonyl (C=O) groups is 1. The molecule has 5 heteroatoms. The molecular formula is C12H12BrF2NO. The molecule has 0 saturated carbocycles. The van der Waals surface area contributed by atoms with Gasteiger partial charge in [0.25, 0.3) is 5.91 Å². The molecule has 0 N–H and O–H groups in total. The molecule has 17 heavy (non-hydrogen) atoms. The summed E-state index contributed by atoms with van der Waals surface area (Å²) in [6, 6.07) is 2.26. The fraction of sp³-hybridized carbons (Fsp3) is 0.417. The predicted octanol–water partition coefficient (Wildman–Crippen LogP) is 3.35. The molecule has 2 rings (SSSR count). The summed E-state index contributed by atoms with van der Waals surface area (Å²) in [5.74, 6) is -2.19. The van der Waals surface area contributed by atoms with Crippen molar-refractivity contribution in [2.75, 3.05) is 6.54 Å². The minimum absolute atomic E-state index is 0.0462. The lowest BCUT2D eigenvalue weighted by Crippen LogP contribution is -2.34. The Morgan fingerprint density at radius 3 is 2.47 bits per heavy atom. The first kappa shape index (κ1) is 12.5. The first-order valence-electron chi connectivity index (χ1n) is 5.46. The van der Waals surface area contributed by atoms with Crippen molar-refractivity contribution in [3.05, 3.63) is 33.8 Å². The number of hydrogen-bond donors (Lipinski definition) is 0. The Kier molecular flexibility index (Phi) is 3.47. The number of hydrogen-bond acceptors (Lipinski definition) is 1. The van der Waals surface area contributed by atoms with Gasteiger partial charge in [0.1, 0.15) is 17.2 Å². The fourth-order valence-corrected chi connectivity index (χ4v) is 2.53. The first-order chi connectivity index (χ1) is 8.00. The third kappa shape index (κ3) is 2.34. The van der Waals surface area contributed by atoms with E-state index in [9.17, 15) is 13.6 Å². The summed E-state index contributed by atoms with van der Waals surface area (Å²) in [5, 5.41) is 0. The van der Waals surface area contributed by atoms with Gasteiger partial charge in [0, 0.05) is 17.1 Å². The molecule has 2 nitrogen and oxygen atoms in total. The minimum atomic E-state index is -0.819. The highest BCUT2D eigenvalue weighted by molar-refractivity contribution is 9.10. The molecule has 0 aliphatic carbocycles. The standard InChI is InChI=1S/C12H12BrF2NO/c1-7-3-2-4-16(7)12(17)11-9(14)5-8(13)6-10(11)15/h5-7H,2-4H2,1H3. The Labute approximate surface area is 107 Å². The molecule has 0 bridgehead atoms. The van der Waals surface area contributed by atoms with E-state index in [0.717, 1.165) is 25.0 Å². The number of benzene rings is 1. The van der Waals surface area contributed by atoms with Gasteiger partial charge in [-0.1, -0.05) is 15.9 Å². The van der Waals surface area contributed by atoms with Gasteiger partial charge in [-0.2, -0.15) is 0 Å². The highest BCUT2D eigenvalue weighted by Crippen LogP contribution is 2.24. The van der Waals surface area contributed by atoms with Crippen molar-refractivity contribution in [3.63, 3.8) is 0 Å². The minimum Gasteiger partial charge on any atom is -0.336 e. The van der Waals surface area contributed by atoms with Crippen LogP contribution in [0.25, 0.3) is 0 Å². The van der Waals surface area contributed by atoms with Crippen LogP contribution in [-0.2, 0) is 0 Å². The van der Waals surface area contributed by atoms with Crippen molar-refractivity contribution < 1.29 is 13.6 Å². The van der Waals surface area contributed by atoms with Gasteiger partial charge in [0.2, 0.25) is 0 Å². The Balaban J connectivity index is 2.37. The van der Waals surface area contributed by atoms with Gasteiger partial charge in [-0.15, -0.1) is 0 Å². The van der Waals surface area contributed by atoms with Crippen LogP contribution >= 0.6 is 15.9 Å². The zero-order valence-corrected chi connectivity index (χ0v) is 10.9. The van der Waals surface area contributed by atoms with Crippen LogP contribution in [-0.4, -0.2) is 23.4 Å². The molecule has 1 amide bonds. The summed E-state index contributed by atoms with van der Waals surface area (Å²) in [6.45, 7) is 2.45. The van der Waals surface area contributed by atoms with Crippen LogP contribution in [0.1, 0.15) is 30.1 Å². The zero-order chi connectivity index (χ0) is 12.6. The maximum atomic E-state index is 13.6. The van der Waals surface area contributed by atoms with Crippen LogP contribution in [0.5, 0.6) is 0 Å². The highest BCUT2D eigenvalue weighted by atomic mass is 79.9. The molecule has 1 saturated heterocycles. The molecule has 0 aromatic heterocycles. The molecule has 0 spiro atoms. The maximum absolute atomic E-state index is 13.6. The lowest BCUT2D eigenvalue weighted by molar-refractivity contribution is 0.0737. The number of halogens is 3. The van der Waals surface area contributed by atoms with E-state index in [0.29, 0.717) is 11.0 Å². The van der Waals surface area contributed by atoms with Gasteiger partial charge in [-0.25, -0.2) is 8.78 Å². The summed E-state index contributed by atoms with van der Waals surface area (Å²) in [5.41, 5.74) is -0.457. The fourth-order valence-electron chi connectivity index (χ4n) is 2.13. The Hall–Kier alpha value is -0.970.